The molecule has 0 unspecified atom stereocenters. The van der Waals surface area contributed by atoms with Crippen molar-refractivity contribution in [2.45, 2.75) is 6.42 Å². The number of methoxy groups -OCH3 is 2. The Morgan fingerprint density at radius 2 is 1.64 bits per heavy atom. The maximum absolute atomic E-state index is 12.5. The largest absolute Gasteiger partial charge is 0.493 e. The quantitative estimate of drug-likeness (QED) is 0.878. The van der Waals surface area contributed by atoms with E-state index >= 15 is 0 Å². The van der Waals surface area contributed by atoms with Gasteiger partial charge in [0.1, 0.15) is 0 Å². The summed E-state index contributed by atoms with van der Waals surface area (Å²) in [7, 11) is 3.18. The summed E-state index contributed by atoms with van der Waals surface area (Å²) in [4.78, 5) is 24.6. The minimum atomic E-state index is -0.150. The van der Waals surface area contributed by atoms with E-state index < -0.39 is 0 Å². The number of fused-ring (bicyclic) bond motifs is 1. The van der Waals surface area contributed by atoms with Crippen LogP contribution in [0.1, 0.15) is 26.3 Å². The van der Waals surface area contributed by atoms with Crippen LogP contribution in [0.5, 0.6) is 11.5 Å². The van der Waals surface area contributed by atoms with Crippen molar-refractivity contribution in [3.8, 4) is 11.5 Å². The Balaban J connectivity index is 1.67. The second kappa shape index (κ2) is 7.21. The fourth-order valence-corrected chi connectivity index (χ4v) is 2.82. The van der Waals surface area contributed by atoms with Gasteiger partial charge in [-0.25, -0.2) is 0 Å². The van der Waals surface area contributed by atoms with Gasteiger partial charge >= 0.3 is 0 Å². The number of benzene rings is 2. The summed E-state index contributed by atoms with van der Waals surface area (Å²) in [5, 5.41) is 3.08. The Hall–Kier alpha value is -3.08. The maximum atomic E-state index is 12.5. The fourth-order valence-electron chi connectivity index (χ4n) is 2.82. The van der Waals surface area contributed by atoms with Gasteiger partial charge in [-0.15, -0.1) is 0 Å². The van der Waals surface area contributed by atoms with E-state index in [9.17, 15) is 9.59 Å². The molecule has 2 aromatic rings. The number of rotatable bonds is 6. The Morgan fingerprint density at radius 3 is 2.36 bits per heavy atom. The number of hydrogen-bond donors (Lipinski definition) is 1. The molecule has 0 spiro atoms. The Kier molecular flexibility index (Phi) is 4.84. The van der Waals surface area contributed by atoms with E-state index in [0.717, 1.165) is 5.56 Å². The van der Waals surface area contributed by atoms with E-state index in [0.29, 0.717) is 41.3 Å². The zero-order valence-corrected chi connectivity index (χ0v) is 14.2. The summed E-state index contributed by atoms with van der Waals surface area (Å²) in [5.74, 6) is 1.04. The molecule has 0 atom stereocenters. The van der Waals surface area contributed by atoms with Gasteiger partial charge in [0.05, 0.1) is 19.9 Å². The number of nitrogens with one attached hydrogen (secondary N) is 1. The molecule has 0 saturated carbocycles. The molecule has 0 aliphatic heterocycles. The zero-order chi connectivity index (χ0) is 17.8. The molecule has 0 amide bonds. The standard InChI is InChI=1S/C20H19NO4/c1-24-18-8-7-13(11-19(18)25-2)9-10-21-16-12-17(22)14-5-3-4-6-15(14)20(16)23/h3-8,11-12,21H,9-10H2,1-2H3. The first-order valence-corrected chi connectivity index (χ1v) is 7.98. The summed E-state index contributed by atoms with van der Waals surface area (Å²) in [6.07, 6.45) is 2.06. The molecule has 1 aliphatic rings. The summed E-state index contributed by atoms with van der Waals surface area (Å²) in [6, 6.07) is 12.6. The molecule has 0 heterocycles. The zero-order valence-electron chi connectivity index (χ0n) is 14.2. The minimum absolute atomic E-state index is 0.149. The topological polar surface area (TPSA) is 64.6 Å². The van der Waals surface area contributed by atoms with Crippen LogP contribution in [0.15, 0.2) is 54.2 Å². The Morgan fingerprint density at radius 1 is 0.920 bits per heavy atom. The number of allylic oxidation sites excluding steroid dienone is 2. The molecule has 5 heteroatoms. The number of ether oxygens (including phenoxy) is 2. The van der Waals surface area contributed by atoms with Gasteiger partial charge in [-0.3, -0.25) is 9.59 Å². The highest BCUT2D eigenvalue weighted by atomic mass is 16.5. The van der Waals surface area contributed by atoms with E-state index in [1.165, 1.54) is 6.08 Å². The van der Waals surface area contributed by atoms with Crippen molar-refractivity contribution in [2.75, 3.05) is 20.8 Å². The highest BCUT2D eigenvalue weighted by Gasteiger charge is 2.24. The minimum Gasteiger partial charge on any atom is -0.493 e. The van der Waals surface area contributed by atoms with Crippen LogP contribution in [0, 0.1) is 0 Å². The maximum Gasteiger partial charge on any atom is 0.209 e. The summed E-state index contributed by atoms with van der Waals surface area (Å²) in [5.41, 5.74) is 2.28. The van der Waals surface area contributed by atoms with Gasteiger partial charge in [0.15, 0.2) is 17.3 Å². The van der Waals surface area contributed by atoms with E-state index in [-0.39, 0.29) is 11.6 Å². The highest BCUT2D eigenvalue weighted by Crippen LogP contribution is 2.27. The summed E-state index contributed by atoms with van der Waals surface area (Å²) in [6.45, 7) is 0.530. The summed E-state index contributed by atoms with van der Waals surface area (Å²) >= 11 is 0. The van der Waals surface area contributed by atoms with Gasteiger partial charge in [-0.1, -0.05) is 30.3 Å². The third kappa shape index (κ3) is 3.40. The highest BCUT2D eigenvalue weighted by molar-refractivity contribution is 6.24. The molecular weight excluding hydrogens is 318 g/mol. The second-order valence-electron chi connectivity index (χ2n) is 5.66. The van der Waals surface area contributed by atoms with Crippen molar-refractivity contribution in [1.82, 2.24) is 5.32 Å². The SMILES string of the molecule is COc1ccc(CCNC2=CC(=O)c3ccccc3C2=O)cc1OC. The van der Waals surface area contributed by atoms with Gasteiger partial charge in [-0.2, -0.15) is 0 Å². The first-order valence-electron chi connectivity index (χ1n) is 7.98. The molecule has 25 heavy (non-hydrogen) atoms. The fraction of sp³-hybridized carbons (Fsp3) is 0.200. The normalized spacial score (nSPS) is 13.1. The lowest BCUT2D eigenvalue weighted by molar-refractivity contribution is 0.0978. The first-order chi connectivity index (χ1) is 12.1. The van der Waals surface area contributed by atoms with Crippen molar-refractivity contribution in [1.29, 1.82) is 0 Å². The van der Waals surface area contributed by atoms with E-state index in [1.807, 2.05) is 18.2 Å². The average molecular weight is 337 g/mol. The summed E-state index contributed by atoms with van der Waals surface area (Å²) < 4.78 is 10.5. The van der Waals surface area contributed by atoms with Crippen LogP contribution in [0.3, 0.4) is 0 Å². The van der Waals surface area contributed by atoms with Crippen molar-refractivity contribution in [2.24, 2.45) is 0 Å². The molecule has 0 radical (unpaired) electrons. The average Bonchev–Trinajstić information content (AvgIpc) is 2.65. The third-order valence-corrected chi connectivity index (χ3v) is 4.13. The number of carbonyl (C=O) groups excluding carboxylic acids is 2. The molecule has 0 saturated heterocycles. The van der Waals surface area contributed by atoms with Gasteiger partial charge in [0.25, 0.3) is 0 Å². The molecular formula is C20H19NO4. The van der Waals surface area contributed by atoms with Crippen molar-refractivity contribution < 1.29 is 19.1 Å². The van der Waals surface area contributed by atoms with Crippen LogP contribution in [0.25, 0.3) is 0 Å². The molecule has 5 nitrogen and oxygen atoms in total. The lowest BCUT2D eigenvalue weighted by Gasteiger charge is -2.16. The number of hydrogen-bond acceptors (Lipinski definition) is 5. The van der Waals surface area contributed by atoms with E-state index in [2.05, 4.69) is 5.32 Å². The molecule has 0 aromatic heterocycles. The van der Waals surface area contributed by atoms with Crippen LogP contribution in [0.4, 0.5) is 0 Å². The molecule has 0 fully saturated rings. The monoisotopic (exact) mass is 337 g/mol. The smallest absolute Gasteiger partial charge is 0.209 e. The number of ketones is 2. The van der Waals surface area contributed by atoms with E-state index in [1.54, 1.807) is 38.5 Å². The molecule has 3 rings (SSSR count). The predicted molar refractivity (Wildman–Crippen MR) is 94.4 cm³/mol. The first kappa shape index (κ1) is 16.8. The lowest BCUT2D eigenvalue weighted by Crippen LogP contribution is -2.28. The van der Waals surface area contributed by atoms with Crippen molar-refractivity contribution >= 4 is 11.6 Å². The lowest BCUT2D eigenvalue weighted by atomic mass is 9.92. The van der Waals surface area contributed by atoms with Crippen LogP contribution in [-0.2, 0) is 6.42 Å². The van der Waals surface area contributed by atoms with Crippen LogP contribution in [-0.4, -0.2) is 32.3 Å². The van der Waals surface area contributed by atoms with Gasteiger partial charge in [0.2, 0.25) is 5.78 Å². The number of Topliss-reactive ketones (excluding diaryl/α,β-unsaturated/α-hetero) is 1. The van der Waals surface area contributed by atoms with Gasteiger partial charge in [0, 0.05) is 23.7 Å². The number of carbonyl (C=O) groups is 2. The third-order valence-electron chi connectivity index (χ3n) is 4.13. The van der Waals surface area contributed by atoms with Crippen molar-refractivity contribution in [3.05, 3.63) is 70.9 Å². The van der Waals surface area contributed by atoms with Crippen LogP contribution >= 0.6 is 0 Å². The molecule has 0 bridgehead atoms. The van der Waals surface area contributed by atoms with Crippen molar-refractivity contribution in [3.63, 3.8) is 0 Å². The molecule has 128 valence electrons. The van der Waals surface area contributed by atoms with Crippen LogP contribution in [0.2, 0.25) is 0 Å². The van der Waals surface area contributed by atoms with E-state index in [4.69, 9.17) is 9.47 Å². The van der Waals surface area contributed by atoms with Crippen LogP contribution < -0.4 is 14.8 Å². The molecule has 1 N–H and O–H groups in total. The van der Waals surface area contributed by atoms with Gasteiger partial charge < -0.3 is 14.8 Å². The predicted octanol–water partition coefficient (Wildman–Crippen LogP) is 2.80. The Bertz CT molecular complexity index is 855. The molecule has 1 aliphatic carbocycles. The molecule has 2 aromatic carbocycles. The Labute approximate surface area is 146 Å². The second-order valence-corrected chi connectivity index (χ2v) is 5.66. The van der Waals surface area contributed by atoms with Gasteiger partial charge in [-0.05, 0) is 24.1 Å².